The van der Waals surface area contributed by atoms with Gasteiger partial charge in [0.05, 0.1) is 0 Å². The molecular weight excluding hydrogens is 416 g/mol. The molecule has 0 radical (unpaired) electrons. The van der Waals surface area contributed by atoms with Gasteiger partial charge >= 0.3 is 97.8 Å². The first-order valence-electron chi connectivity index (χ1n) is 7.34. The molecule has 0 unspecified atom stereocenters. The summed E-state index contributed by atoms with van der Waals surface area (Å²) < 4.78 is 7.51. The average Bonchev–Trinajstić information content (AvgIpc) is 2.39. The fraction of sp³-hybridized carbons (Fsp3) is 0.316. The van der Waals surface area contributed by atoms with Crippen LogP contribution in [0.4, 0.5) is 0 Å². The van der Waals surface area contributed by atoms with Gasteiger partial charge in [0, 0.05) is 0 Å². The summed E-state index contributed by atoms with van der Waals surface area (Å²) in [6.45, 7) is 10.2. The van der Waals surface area contributed by atoms with Crippen LogP contribution in [0.3, 0.4) is 0 Å². The molecule has 4 heteroatoms. The van der Waals surface area contributed by atoms with E-state index in [2.05, 4.69) is 39.0 Å². The van der Waals surface area contributed by atoms with E-state index < -0.39 is 13.5 Å². The van der Waals surface area contributed by atoms with Gasteiger partial charge in [0.1, 0.15) is 0 Å². The van der Waals surface area contributed by atoms with Crippen molar-refractivity contribution in [2.45, 2.75) is 40.7 Å². The van der Waals surface area contributed by atoms with Crippen LogP contribution < -0.4 is 4.74 Å². The van der Waals surface area contributed by atoms with E-state index in [9.17, 15) is 0 Å². The Morgan fingerprint density at radius 3 is 2.09 bits per heavy atom. The Balaban J connectivity index is 0.000000253. The molecule has 0 bridgehead atoms. The van der Waals surface area contributed by atoms with Crippen LogP contribution in [-0.2, 0) is 13.5 Å². The molecule has 1 nitrogen and oxygen atoms in total. The van der Waals surface area contributed by atoms with Gasteiger partial charge in [-0.2, -0.15) is 34.9 Å². The van der Waals surface area contributed by atoms with Crippen molar-refractivity contribution >= 4 is 24.0 Å². The van der Waals surface area contributed by atoms with E-state index in [-0.39, 0.29) is 6.10 Å². The van der Waals surface area contributed by atoms with Gasteiger partial charge in [-0.15, -0.1) is 0 Å². The van der Waals surface area contributed by atoms with Crippen molar-refractivity contribution in [2.24, 2.45) is 0 Å². The second kappa shape index (κ2) is 10.2. The van der Waals surface area contributed by atoms with Crippen LogP contribution in [0.15, 0.2) is 36.4 Å². The molecule has 0 saturated heterocycles. The topological polar surface area (TPSA) is 9.23 Å². The van der Waals surface area contributed by atoms with Gasteiger partial charge in [0.2, 0.25) is 0 Å². The molecule has 0 atom stereocenters. The maximum atomic E-state index is 5.82. The molecule has 0 fully saturated rings. The molecule has 2 rings (SSSR count). The van der Waals surface area contributed by atoms with Crippen LogP contribution in [0.2, 0.25) is 0 Å². The number of hydrogen-bond acceptors (Lipinski definition) is 1. The Kier molecular flexibility index (Phi) is 9.06. The van der Waals surface area contributed by atoms with Crippen LogP contribution in [0.1, 0.15) is 36.1 Å². The van der Waals surface area contributed by atoms with Gasteiger partial charge in [-0.25, -0.2) is 0 Å². The summed E-state index contributed by atoms with van der Waals surface area (Å²) in [6.07, 6.45) is 0.163. The van der Waals surface area contributed by atoms with Crippen molar-refractivity contribution in [2.75, 3.05) is 0 Å². The van der Waals surface area contributed by atoms with E-state index in [1.54, 1.807) is 0 Å². The minimum atomic E-state index is -1.77. The summed E-state index contributed by atoms with van der Waals surface area (Å²) >= 11 is -1.77. The van der Waals surface area contributed by atoms with Crippen LogP contribution in [0, 0.1) is 26.8 Å². The molecule has 2 aromatic carbocycles. The Morgan fingerprint density at radius 2 is 1.61 bits per heavy atom. The fourth-order valence-electron chi connectivity index (χ4n) is 2.12. The third kappa shape index (κ3) is 8.65. The van der Waals surface area contributed by atoms with Crippen molar-refractivity contribution in [3.8, 4) is 5.75 Å². The van der Waals surface area contributed by atoms with E-state index in [0.717, 1.165) is 11.3 Å². The van der Waals surface area contributed by atoms with Gasteiger partial charge in [-0.05, 0) is 0 Å². The third-order valence-electron chi connectivity index (χ3n) is 2.75. The summed E-state index contributed by atoms with van der Waals surface area (Å²) in [5.74, 6) is 0.850. The Bertz CT molecular complexity index is 612. The minimum Gasteiger partial charge on any atom is -0.177 e. The maximum Gasteiger partial charge on any atom is -0.0626 e. The number of benzene rings is 2. The van der Waals surface area contributed by atoms with Gasteiger partial charge in [0.15, 0.2) is 0 Å². The molecule has 2 aromatic rings. The summed E-state index contributed by atoms with van der Waals surface area (Å²) in [4.78, 5) is 0. The predicted molar refractivity (Wildman–Crippen MR) is 98.6 cm³/mol. The first kappa shape index (κ1) is 20.4. The van der Waals surface area contributed by atoms with Crippen molar-refractivity contribution in [3.05, 3.63) is 64.7 Å². The number of ether oxygens (including phenoxy) is 1. The molecule has 128 valence electrons. The zero-order valence-electron chi connectivity index (χ0n) is 14.1. The predicted octanol–water partition coefficient (Wildman–Crippen LogP) is 5.96. The monoisotopic (exact) mass is 439 g/mol. The van der Waals surface area contributed by atoms with Crippen molar-refractivity contribution in [1.29, 1.82) is 0 Å². The normalized spacial score (nSPS) is 10.7. The molecule has 0 amide bonds. The molecule has 0 heterocycles. The van der Waals surface area contributed by atoms with Crippen LogP contribution >= 0.6 is 19.4 Å². The van der Waals surface area contributed by atoms with Crippen LogP contribution in [-0.4, -0.2) is 10.7 Å². The van der Waals surface area contributed by atoms with Crippen LogP contribution in [0.25, 0.3) is 0 Å². The third-order valence-corrected chi connectivity index (χ3v) is 4.58. The van der Waals surface area contributed by atoms with E-state index in [0.29, 0.717) is 0 Å². The van der Waals surface area contributed by atoms with E-state index >= 15 is 0 Å². The van der Waals surface area contributed by atoms with Crippen molar-refractivity contribution in [1.82, 2.24) is 0 Å². The molecule has 0 aliphatic rings. The van der Waals surface area contributed by atoms with Crippen LogP contribution in [0.5, 0.6) is 5.75 Å². The standard InChI is InChI=1S/C10H12O.C9H11.2ClH.Ru/c1-8(2)11-10-7-5-4-6-9(10)3;1-7-4-8(2)6-9(3)5-7;;;/h3-8H,1-2H3;4-5H,1-3H3;2*1H;/q;-1;;;+2/p-2. The zero-order chi connectivity index (χ0) is 17.4. The molecular formula is C19H23Cl2ORu-. The first-order valence-corrected chi connectivity index (χ1v) is 12.8. The molecule has 0 aromatic heterocycles. The largest absolute Gasteiger partial charge is 0.177 e. The maximum absolute atomic E-state index is 5.82. The number of hydrogen-bond donors (Lipinski definition) is 0. The fourth-order valence-corrected chi connectivity index (χ4v) is 3.92. The van der Waals surface area contributed by atoms with E-state index in [1.165, 1.54) is 16.7 Å². The average molecular weight is 439 g/mol. The smallest absolute Gasteiger partial charge is 0.0626 e. The number of halogens is 2. The number of para-hydroxylation sites is 1. The van der Waals surface area contributed by atoms with Crippen molar-refractivity contribution in [3.63, 3.8) is 0 Å². The quantitative estimate of drug-likeness (QED) is 0.424. The van der Waals surface area contributed by atoms with Gasteiger partial charge in [-0.1, -0.05) is 20.8 Å². The minimum absolute atomic E-state index is 0.163. The number of rotatable bonds is 3. The SMILES string of the molecule is CC(C)Oc1ccccc1[CH]=[Ru]([Cl])[Cl].Cc1[c-]c(C)cc(C)c1. The van der Waals surface area contributed by atoms with Gasteiger partial charge in [0.25, 0.3) is 0 Å². The molecule has 0 N–H and O–H groups in total. The van der Waals surface area contributed by atoms with Gasteiger partial charge < -0.3 is 0 Å². The Hall–Kier alpha value is -0.687. The van der Waals surface area contributed by atoms with E-state index in [4.69, 9.17) is 24.1 Å². The number of aryl methyl sites for hydroxylation is 3. The second-order valence-electron chi connectivity index (χ2n) is 5.54. The first-order chi connectivity index (χ1) is 10.8. The van der Waals surface area contributed by atoms with Gasteiger partial charge in [-0.3, -0.25) is 0 Å². The molecule has 0 saturated carbocycles. The molecule has 23 heavy (non-hydrogen) atoms. The van der Waals surface area contributed by atoms with E-state index in [1.807, 2.05) is 42.7 Å². The second-order valence-corrected chi connectivity index (χ2v) is 11.3. The van der Waals surface area contributed by atoms with Crippen molar-refractivity contribution < 1.29 is 18.3 Å². The summed E-state index contributed by atoms with van der Waals surface area (Å²) in [5, 5.41) is 0. The Labute approximate surface area is 153 Å². The zero-order valence-corrected chi connectivity index (χ0v) is 17.4. The molecule has 0 aliphatic carbocycles. The molecule has 0 spiro atoms. The molecule has 0 aliphatic heterocycles. The Morgan fingerprint density at radius 1 is 1.04 bits per heavy atom. The summed E-state index contributed by atoms with van der Waals surface area (Å²) in [6, 6.07) is 15.3. The summed E-state index contributed by atoms with van der Waals surface area (Å²) in [5.41, 5.74) is 4.77. The summed E-state index contributed by atoms with van der Waals surface area (Å²) in [7, 11) is 11.6.